The van der Waals surface area contributed by atoms with Gasteiger partial charge in [0.2, 0.25) is 0 Å². The summed E-state index contributed by atoms with van der Waals surface area (Å²) in [7, 11) is 0. The van der Waals surface area contributed by atoms with Gasteiger partial charge in [0.15, 0.2) is 0 Å². The molecule has 1 saturated heterocycles. The van der Waals surface area contributed by atoms with Crippen LogP contribution >= 0.6 is 0 Å². The van der Waals surface area contributed by atoms with E-state index in [1.165, 1.54) is 0 Å². The van der Waals surface area contributed by atoms with E-state index in [4.69, 9.17) is 5.26 Å². The Kier molecular flexibility index (Phi) is 3.39. The molecule has 4 nitrogen and oxygen atoms in total. The van der Waals surface area contributed by atoms with Crippen LogP contribution in [0, 0.1) is 11.3 Å². The highest BCUT2D eigenvalue weighted by Gasteiger charge is 2.15. The zero-order valence-electron chi connectivity index (χ0n) is 7.05. The number of carbonyl (C=O) groups excluding carboxylic acids is 1. The highest BCUT2D eigenvalue weighted by atomic mass is 16.2. The maximum atomic E-state index is 11.1. The fourth-order valence-corrected chi connectivity index (χ4v) is 1.24. The fraction of sp³-hybridized carbons (Fsp3) is 0.750. The number of amides is 2. The van der Waals surface area contributed by atoms with Crippen LogP contribution in [0.2, 0.25) is 0 Å². The third-order valence-electron chi connectivity index (χ3n) is 1.88. The van der Waals surface area contributed by atoms with Crippen LogP contribution in [0.25, 0.3) is 0 Å². The molecule has 1 rings (SSSR count). The van der Waals surface area contributed by atoms with Gasteiger partial charge in [-0.15, -0.1) is 0 Å². The number of hydrogen-bond donors (Lipinski definition) is 1. The largest absolute Gasteiger partial charge is 0.338 e. The number of nitriles is 1. The van der Waals surface area contributed by atoms with Crippen LogP contribution in [0.3, 0.4) is 0 Å². The molecule has 0 unspecified atom stereocenters. The lowest BCUT2D eigenvalue weighted by molar-refractivity contribution is 0.186. The first-order valence-corrected chi connectivity index (χ1v) is 4.24. The molecule has 0 spiro atoms. The Morgan fingerprint density at radius 3 is 3.17 bits per heavy atom. The first-order chi connectivity index (χ1) is 5.84. The summed E-state index contributed by atoms with van der Waals surface area (Å²) in [6.07, 6.45) is 2.33. The normalized spacial score (nSPS) is 16.9. The molecule has 1 aliphatic heterocycles. The molecule has 66 valence electrons. The minimum Gasteiger partial charge on any atom is -0.338 e. The van der Waals surface area contributed by atoms with Gasteiger partial charge in [-0.05, 0) is 12.8 Å². The van der Waals surface area contributed by atoms with E-state index in [1.54, 1.807) is 4.90 Å². The van der Waals surface area contributed by atoms with Crippen molar-refractivity contribution >= 4 is 6.03 Å². The van der Waals surface area contributed by atoms with E-state index in [0.29, 0.717) is 13.0 Å². The van der Waals surface area contributed by atoms with Crippen molar-refractivity contribution in [3.63, 3.8) is 0 Å². The minimum atomic E-state index is 0.0131. The first-order valence-electron chi connectivity index (χ1n) is 4.24. The Labute approximate surface area is 72.2 Å². The molecular weight excluding hydrogens is 154 g/mol. The van der Waals surface area contributed by atoms with Gasteiger partial charge in [0, 0.05) is 26.1 Å². The van der Waals surface area contributed by atoms with Gasteiger partial charge < -0.3 is 10.2 Å². The molecule has 0 aromatic rings. The van der Waals surface area contributed by atoms with Gasteiger partial charge in [0.05, 0.1) is 6.07 Å². The standard InChI is InChI=1S/C8H13N3O/c9-4-1-2-6-11-7-3-5-10-8(11)12/h1-3,5-7H2,(H,10,12). The van der Waals surface area contributed by atoms with Crippen molar-refractivity contribution in [2.75, 3.05) is 19.6 Å². The Bertz CT molecular complexity index is 197. The quantitative estimate of drug-likeness (QED) is 0.629. The molecule has 0 bridgehead atoms. The predicted octanol–water partition coefficient (Wildman–Crippen LogP) is 0.705. The monoisotopic (exact) mass is 167 g/mol. The summed E-state index contributed by atoms with van der Waals surface area (Å²) in [5.74, 6) is 0. The van der Waals surface area contributed by atoms with E-state index < -0.39 is 0 Å². The SMILES string of the molecule is N#CCCCN1CCCNC1=O. The summed E-state index contributed by atoms with van der Waals surface area (Å²) >= 11 is 0. The zero-order chi connectivity index (χ0) is 8.81. The summed E-state index contributed by atoms with van der Waals surface area (Å²) in [6.45, 7) is 2.32. The van der Waals surface area contributed by atoms with Crippen molar-refractivity contribution in [3.05, 3.63) is 0 Å². The smallest absolute Gasteiger partial charge is 0.317 e. The number of nitrogens with one attached hydrogen (secondary N) is 1. The molecule has 0 radical (unpaired) electrons. The highest BCUT2D eigenvalue weighted by Crippen LogP contribution is 2.01. The lowest BCUT2D eigenvalue weighted by Crippen LogP contribution is -2.46. The summed E-state index contributed by atoms with van der Waals surface area (Å²) in [5, 5.41) is 11.1. The minimum absolute atomic E-state index is 0.0131. The number of urea groups is 1. The second-order valence-corrected chi connectivity index (χ2v) is 2.83. The number of rotatable bonds is 3. The lowest BCUT2D eigenvalue weighted by atomic mass is 10.2. The van der Waals surface area contributed by atoms with Gasteiger partial charge >= 0.3 is 6.03 Å². The summed E-state index contributed by atoms with van der Waals surface area (Å²) in [5.41, 5.74) is 0. The molecule has 0 aliphatic carbocycles. The van der Waals surface area contributed by atoms with Crippen LogP contribution in [0.15, 0.2) is 0 Å². The molecule has 1 fully saturated rings. The Morgan fingerprint density at radius 2 is 2.50 bits per heavy atom. The highest BCUT2D eigenvalue weighted by molar-refractivity contribution is 5.74. The molecule has 12 heavy (non-hydrogen) atoms. The van der Waals surface area contributed by atoms with Gasteiger partial charge in [0.1, 0.15) is 0 Å². The molecule has 0 aromatic heterocycles. The van der Waals surface area contributed by atoms with Crippen molar-refractivity contribution in [2.24, 2.45) is 0 Å². The van der Waals surface area contributed by atoms with Gasteiger partial charge in [-0.3, -0.25) is 0 Å². The van der Waals surface area contributed by atoms with Crippen molar-refractivity contribution in [1.82, 2.24) is 10.2 Å². The van der Waals surface area contributed by atoms with Gasteiger partial charge in [-0.2, -0.15) is 5.26 Å². The topological polar surface area (TPSA) is 56.1 Å². The van der Waals surface area contributed by atoms with Gasteiger partial charge in [-0.25, -0.2) is 4.79 Å². The van der Waals surface area contributed by atoms with Crippen molar-refractivity contribution in [2.45, 2.75) is 19.3 Å². The average Bonchev–Trinajstić information content (AvgIpc) is 2.09. The molecule has 1 aliphatic rings. The van der Waals surface area contributed by atoms with Gasteiger partial charge in [-0.1, -0.05) is 0 Å². The van der Waals surface area contributed by atoms with Crippen LogP contribution in [0.1, 0.15) is 19.3 Å². The Balaban J connectivity index is 2.21. The van der Waals surface area contributed by atoms with Crippen LogP contribution in [0.4, 0.5) is 4.79 Å². The number of carbonyl (C=O) groups is 1. The third-order valence-corrected chi connectivity index (χ3v) is 1.88. The first kappa shape index (κ1) is 8.85. The fourth-order valence-electron chi connectivity index (χ4n) is 1.24. The summed E-state index contributed by atoms with van der Waals surface area (Å²) < 4.78 is 0. The molecule has 1 heterocycles. The van der Waals surface area contributed by atoms with E-state index >= 15 is 0 Å². The van der Waals surface area contributed by atoms with Crippen LogP contribution in [0.5, 0.6) is 0 Å². The second kappa shape index (κ2) is 4.60. The second-order valence-electron chi connectivity index (χ2n) is 2.83. The van der Waals surface area contributed by atoms with E-state index in [9.17, 15) is 4.79 Å². The molecule has 4 heteroatoms. The van der Waals surface area contributed by atoms with Crippen LogP contribution in [-0.4, -0.2) is 30.6 Å². The predicted molar refractivity (Wildman–Crippen MR) is 44.4 cm³/mol. The molecule has 0 aromatic carbocycles. The molecule has 0 saturated carbocycles. The Hall–Kier alpha value is -1.24. The molecule has 0 atom stereocenters. The van der Waals surface area contributed by atoms with Gasteiger partial charge in [0.25, 0.3) is 0 Å². The van der Waals surface area contributed by atoms with Crippen molar-refractivity contribution in [1.29, 1.82) is 5.26 Å². The van der Waals surface area contributed by atoms with E-state index in [-0.39, 0.29) is 6.03 Å². The van der Waals surface area contributed by atoms with E-state index in [1.807, 2.05) is 0 Å². The van der Waals surface area contributed by atoms with E-state index in [2.05, 4.69) is 11.4 Å². The maximum absolute atomic E-state index is 11.1. The molecule has 2 amide bonds. The molecule has 1 N–H and O–H groups in total. The Morgan fingerprint density at radius 1 is 1.67 bits per heavy atom. The van der Waals surface area contributed by atoms with Crippen LogP contribution < -0.4 is 5.32 Å². The zero-order valence-corrected chi connectivity index (χ0v) is 7.05. The third kappa shape index (κ3) is 2.42. The van der Waals surface area contributed by atoms with E-state index in [0.717, 1.165) is 25.9 Å². The molecular formula is C8H13N3O. The number of hydrogen-bond acceptors (Lipinski definition) is 2. The summed E-state index contributed by atoms with van der Waals surface area (Å²) in [6, 6.07) is 2.08. The number of unbranched alkanes of at least 4 members (excludes halogenated alkanes) is 1. The number of nitrogens with zero attached hydrogens (tertiary/aromatic N) is 2. The average molecular weight is 167 g/mol. The van der Waals surface area contributed by atoms with Crippen LogP contribution in [-0.2, 0) is 0 Å². The van der Waals surface area contributed by atoms with Crippen molar-refractivity contribution in [3.8, 4) is 6.07 Å². The maximum Gasteiger partial charge on any atom is 0.317 e. The summed E-state index contributed by atoms with van der Waals surface area (Å²) in [4.78, 5) is 12.9. The lowest BCUT2D eigenvalue weighted by Gasteiger charge is -2.26. The van der Waals surface area contributed by atoms with Crippen molar-refractivity contribution < 1.29 is 4.79 Å².